The molecule has 0 radical (unpaired) electrons. The molecule has 0 aromatic carbocycles. The lowest BCUT2D eigenvalue weighted by Crippen LogP contribution is -2.30. The molecule has 0 fully saturated rings. The molecule has 11 heavy (non-hydrogen) atoms. The predicted molar refractivity (Wildman–Crippen MR) is 49.2 cm³/mol. The van der Waals surface area contributed by atoms with Crippen LogP contribution in [-0.4, -0.2) is 43.8 Å². The third-order valence-electron chi connectivity index (χ3n) is 1.25. The molecule has 2 N–H and O–H groups in total. The van der Waals surface area contributed by atoms with E-state index >= 15 is 0 Å². The number of methoxy groups -OCH3 is 1. The van der Waals surface area contributed by atoms with Gasteiger partial charge in [-0.1, -0.05) is 0 Å². The molecular weight excluding hydrogens is 162 g/mol. The van der Waals surface area contributed by atoms with Crippen molar-refractivity contribution in [2.24, 2.45) is 0 Å². The molecule has 0 rings (SSSR count). The van der Waals surface area contributed by atoms with Crippen LogP contribution in [-0.2, 0) is 4.74 Å². The van der Waals surface area contributed by atoms with Crippen LogP contribution in [0, 0.1) is 0 Å². The molecule has 1 unspecified atom stereocenters. The minimum atomic E-state index is -0.389. The monoisotopic (exact) mass is 179 g/mol. The number of ether oxygens (including phenoxy) is 1. The summed E-state index contributed by atoms with van der Waals surface area (Å²) in [5.74, 6) is 0.882. The van der Waals surface area contributed by atoms with E-state index in [4.69, 9.17) is 9.84 Å². The highest BCUT2D eigenvalue weighted by Gasteiger charge is 2.00. The summed E-state index contributed by atoms with van der Waals surface area (Å²) < 4.78 is 4.76. The first kappa shape index (κ1) is 11.2. The molecule has 4 heteroatoms. The molecule has 0 bridgehead atoms. The Morgan fingerprint density at radius 1 is 1.64 bits per heavy atom. The molecule has 0 saturated carbocycles. The zero-order chi connectivity index (χ0) is 8.53. The third kappa shape index (κ3) is 8.13. The highest BCUT2D eigenvalue weighted by atomic mass is 32.1. The van der Waals surface area contributed by atoms with Crippen LogP contribution in [0.15, 0.2) is 0 Å². The van der Waals surface area contributed by atoms with E-state index in [2.05, 4.69) is 17.9 Å². The van der Waals surface area contributed by atoms with Crippen molar-refractivity contribution in [3.63, 3.8) is 0 Å². The summed E-state index contributed by atoms with van der Waals surface area (Å²) in [5, 5.41) is 12.2. The van der Waals surface area contributed by atoms with Gasteiger partial charge in [0.25, 0.3) is 0 Å². The van der Waals surface area contributed by atoms with E-state index in [1.165, 1.54) is 0 Å². The largest absolute Gasteiger partial charge is 0.389 e. The van der Waals surface area contributed by atoms with Gasteiger partial charge in [0.2, 0.25) is 0 Å². The normalized spacial score (nSPS) is 13.4. The zero-order valence-corrected chi connectivity index (χ0v) is 7.81. The fraction of sp³-hybridized carbons (Fsp3) is 1.00. The molecule has 0 aliphatic heterocycles. The molecule has 0 aromatic rings. The lowest BCUT2D eigenvalue weighted by molar-refractivity contribution is 0.0647. The SMILES string of the molecule is COCC(O)CNCCCS. The number of aliphatic hydroxyl groups excluding tert-OH is 1. The first-order valence-corrected chi connectivity index (χ1v) is 4.43. The number of hydrogen-bond donors (Lipinski definition) is 3. The fourth-order valence-electron chi connectivity index (χ4n) is 0.724. The lowest BCUT2D eigenvalue weighted by atomic mass is 10.3. The molecule has 1 atom stereocenters. The lowest BCUT2D eigenvalue weighted by Gasteiger charge is -2.09. The van der Waals surface area contributed by atoms with Crippen molar-refractivity contribution in [3.8, 4) is 0 Å². The second kappa shape index (κ2) is 8.33. The molecule has 0 aromatic heterocycles. The summed E-state index contributed by atoms with van der Waals surface area (Å²) in [6.45, 7) is 1.90. The third-order valence-corrected chi connectivity index (χ3v) is 1.57. The van der Waals surface area contributed by atoms with Gasteiger partial charge in [-0.3, -0.25) is 0 Å². The van der Waals surface area contributed by atoms with Crippen LogP contribution in [0.5, 0.6) is 0 Å². The molecule has 0 amide bonds. The van der Waals surface area contributed by atoms with E-state index in [1.807, 2.05) is 0 Å². The van der Waals surface area contributed by atoms with Crippen molar-refractivity contribution in [1.82, 2.24) is 5.32 Å². The molecule has 0 aliphatic rings. The highest BCUT2D eigenvalue weighted by Crippen LogP contribution is 1.83. The van der Waals surface area contributed by atoms with E-state index in [0.29, 0.717) is 13.2 Å². The summed E-state index contributed by atoms with van der Waals surface area (Å²) in [6, 6.07) is 0. The van der Waals surface area contributed by atoms with E-state index in [1.54, 1.807) is 7.11 Å². The van der Waals surface area contributed by atoms with Crippen molar-refractivity contribution in [2.45, 2.75) is 12.5 Å². The minimum absolute atomic E-state index is 0.389. The maximum Gasteiger partial charge on any atom is 0.0897 e. The molecular formula is C7H17NO2S. The summed E-state index contributed by atoms with van der Waals surface area (Å²) in [6.07, 6.45) is 0.642. The van der Waals surface area contributed by atoms with Gasteiger partial charge in [0, 0.05) is 13.7 Å². The number of aliphatic hydroxyl groups is 1. The van der Waals surface area contributed by atoms with Crippen LogP contribution in [0.4, 0.5) is 0 Å². The minimum Gasteiger partial charge on any atom is -0.389 e. The fourth-order valence-corrected chi connectivity index (χ4v) is 0.882. The van der Waals surface area contributed by atoms with Gasteiger partial charge in [0.15, 0.2) is 0 Å². The van der Waals surface area contributed by atoms with Crippen LogP contribution in [0.2, 0.25) is 0 Å². The van der Waals surface area contributed by atoms with Gasteiger partial charge in [0.1, 0.15) is 0 Å². The Morgan fingerprint density at radius 3 is 2.91 bits per heavy atom. The maximum absolute atomic E-state index is 9.14. The van der Waals surface area contributed by atoms with E-state index in [0.717, 1.165) is 18.7 Å². The van der Waals surface area contributed by atoms with Crippen molar-refractivity contribution in [1.29, 1.82) is 0 Å². The van der Waals surface area contributed by atoms with Crippen LogP contribution < -0.4 is 5.32 Å². The van der Waals surface area contributed by atoms with Gasteiger partial charge < -0.3 is 15.2 Å². The highest BCUT2D eigenvalue weighted by molar-refractivity contribution is 7.80. The maximum atomic E-state index is 9.14. The molecule has 0 spiro atoms. The van der Waals surface area contributed by atoms with Crippen molar-refractivity contribution in [3.05, 3.63) is 0 Å². The zero-order valence-electron chi connectivity index (χ0n) is 6.92. The van der Waals surface area contributed by atoms with Gasteiger partial charge in [-0.15, -0.1) is 0 Å². The quantitative estimate of drug-likeness (QED) is 0.378. The topological polar surface area (TPSA) is 41.5 Å². The van der Waals surface area contributed by atoms with E-state index in [-0.39, 0.29) is 6.10 Å². The smallest absolute Gasteiger partial charge is 0.0897 e. The van der Waals surface area contributed by atoms with Crippen LogP contribution in [0.1, 0.15) is 6.42 Å². The summed E-state index contributed by atoms with van der Waals surface area (Å²) in [4.78, 5) is 0. The average Bonchev–Trinajstić information content (AvgIpc) is 1.99. The molecule has 3 nitrogen and oxygen atoms in total. The molecule has 0 heterocycles. The Balaban J connectivity index is 2.97. The Labute approximate surface area is 73.5 Å². The van der Waals surface area contributed by atoms with Crippen molar-refractivity contribution >= 4 is 12.6 Å². The first-order chi connectivity index (χ1) is 5.31. The average molecular weight is 179 g/mol. The molecule has 0 aliphatic carbocycles. The van der Waals surface area contributed by atoms with E-state index < -0.39 is 0 Å². The predicted octanol–water partition coefficient (Wildman–Crippen LogP) is -0.0968. The number of thiol groups is 1. The Kier molecular flexibility index (Phi) is 8.50. The number of rotatable bonds is 7. The Bertz CT molecular complexity index is 82.8. The second-order valence-corrected chi connectivity index (χ2v) is 2.84. The van der Waals surface area contributed by atoms with Crippen molar-refractivity contribution < 1.29 is 9.84 Å². The van der Waals surface area contributed by atoms with E-state index in [9.17, 15) is 0 Å². The van der Waals surface area contributed by atoms with Crippen LogP contribution in [0.3, 0.4) is 0 Å². The molecule has 0 saturated heterocycles. The standard InChI is InChI=1S/C7H17NO2S/c1-10-6-7(9)5-8-3-2-4-11/h7-9,11H,2-6H2,1H3. The van der Waals surface area contributed by atoms with Gasteiger partial charge >= 0.3 is 0 Å². The second-order valence-electron chi connectivity index (χ2n) is 2.39. The van der Waals surface area contributed by atoms with Gasteiger partial charge in [-0.05, 0) is 18.7 Å². The first-order valence-electron chi connectivity index (χ1n) is 3.79. The number of nitrogens with one attached hydrogen (secondary N) is 1. The van der Waals surface area contributed by atoms with Crippen LogP contribution in [0.25, 0.3) is 0 Å². The Hall–Kier alpha value is 0.230. The van der Waals surface area contributed by atoms with Gasteiger partial charge in [0.05, 0.1) is 12.7 Å². The summed E-state index contributed by atoms with van der Waals surface area (Å²) in [5.41, 5.74) is 0. The van der Waals surface area contributed by atoms with Crippen LogP contribution >= 0.6 is 12.6 Å². The van der Waals surface area contributed by atoms with Crippen molar-refractivity contribution in [2.75, 3.05) is 32.6 Å². The van der Waals surface area contributed by atoms with Gasteiger partial charge in [-0.2, -0.15) is 12.6 Å². The number of hydrogen-bond acceptors (Lipinski definition) is 4. The summed E-state index contributed by atoms with van der Waals surface area (Å²) >= 11 is 4.06. The Morgan fingerprint density at radius 2 is 2.36 bits per heavy atom. The molecule has 68 valence electrons. The van der Waals surface area contributed by atoms with Gasteiger partial charge in [-0.25, -0.2) is 0 Å². The summed E-state index contributed by atoms with van der Waals surface area (Å²) in [7, 11) is 1.58.